The second kappa shape index (κ2) is 13.2. The van der Waals surface area contributed by atoms with Gasteiger partial charge in [-0.3, -0.25) is 0 Å². The third-order valence-electron chi connectivity index (χ3n) is 2.34. The van der Waals surface area contributed by atoms with Crippen molar-refractivity contribution in [2.45, 2.75) is 58.3 Å². The van der Waals surface area contributed by atoms with Gasteiger partial charge in [-0.1, -0.05) is 63.3 Å². The van der Waals surface area contributed by atoms with E-state index in [1.165, 1.54) is 38.5 Å². The maximum Gasteiger partial charge on any atom is 0.123 e. The number of rotatable bonds is 10. The minimum Gasteiger partial charge on any atom is -0.303 e. The van der Waals surface area contributed by atoms with Gasteiger partial charge in [-0.2, -0.15) is 0 Å². The molecule has 0 heterocycles. The van der Waals surface area contributed by atoms with Crippen LogP contribution in [0.1, 0.15) is 58.3 Å². The molecule has 0 aliphatic heterocycles. The Morgan fingerprint density at radius 2 is 1.53 bits per heavy atom. The maximum absolute atomic E-state index is 9.99. The molecule has 15 heavy (non-hydrogen) atoms. The van der Waals surface area contributed by atoms with Crippen LogP contribution in [0, 0.1) is 0 Å². The van der Waals surface area contributed by atoms with Crippen molar-refractivity contribution in [3.63, 3.8) is 0 Å². The van der Waals surface area contributed by atoms with Gasteiger partial charge in [0.15, 0.2) is 0 Å². The fourth-order valence-electron chi connectivity index (χ4n) is 1.43. The Kier molecular flexibility index (Phi) is 12.4. The average Bonchev–Trinajstić information content (AvgIpc) is 2.26. The first-order chi connectivity index (χ1) is 7.41. The second-order valence-electron chi connectivity index (χ2n) is 3.82. The van der Waals surface area contributed by atoms with E-state index < -0.39 is 0 Å². The van der Waals surface area contributed by atoms with Crippen molar-refractivity contribution >= 4 is 6.29 Å². The third-order valence-corrected chi connectivity index (χ3v) is 2.34. The van der Waals surface area contributed by atoms with E-state index in [2.05, 4.69) is 13.0 Å². The number of hydrogen-bond donors (Lipinski definition) is 0. The van der Waals surface area contributed by atoms with Crippen LogP contribution < -0.4 is 0 Å². The van der Waals surface area contributed by atoms with Gasteiger partial charge >= 0.3 is 0 Å². The van der Waals surface area contributed by atoms with E-state index in [4.69, 9.17) is 0 Å². The molecule has 1 nitrogen and oxygen atoms in total. The second-order valence-corrected chi connectivity index (χ2v) is 3.82. The van der Waals surface area contributed by atoms with Gasteiger partial charge in [0.2, 0.25) is 0 Å². The first-order valence-corrected chi connectivity index (χ1v) is 6.17. The molecule has 0 saturated carbocycles. The lowest BCUT2D eigenvalue weighted by molar-refractivity contribution is -0.107. The van der Waals surface area contributed by atoms with Crippen LogP contribution in [0.25, 0.3) is 0 Å². The zero-order chi connectivity index (χ0) is 11.2. The molecule has 0 aliphatic rings. The van der Waals surface area contributed by atoms with Gasteiger partial charge in [0, 0.05) is 6.42 Å². The fourth-order valence-corrected chi connectivity index (χ4v) is 1.43. The molecule has 0 atom stereocenters. The van der Waals surface area contributed by atoms with Gasteiger partial charge in [0.25, 0.3) is 0 Å². The van der Waals surface area contributed by atoms with Crippen molar-refractivity contribution in [3.8, 4) is 0 Å². The number of carbonyl (C=O) groups is 1. The van der Waals surface area contributed by atoms with Crippen molar-refractivity contribution in [2.24, 2.45) is 0 Å². The molecule has 0 fully saturated rings. The van der Waals surface area contributed by atoms with Gasteiger partial charge in [0.1, 0.15) is 6.29 Å². The molecule has 0 aromatic rings. The Balaban J connectivity index is 3.12. The van der Waals surface area contributed by atoms with Crippen LogP contribution in [-0.4, -0.2) is 6.29 Å². The van der Waals surface area contributed by atoms with Crippen LogP contribution in [0.5, 0.6) is 0 Å². The van der Waals surface area contributed by atoms with E-state index in [0.29, 0.717) is 6.42 Å². The molecule has 0 aliphatic carbocycles. The zero-order valence-electron chi connectivity index (χ0n) is 9.95. The van der Waals surface area contributed by atoms with Crippen LogP contribution >= 0.6 is 0 Å². The SMILES string of the molecule is CCCCCCCC/C=C/C=C/CC=O. The number of aldehydes is 1. The molecule has 0 amide bonds. The van der Waals surface area contributed by atoms with Gasteiger partial charge in [-0.05, 0) is 12.8 Å². The predicted octanol–water partition coefficient (Wildman–Crippen LogP) is 4.44. The molecule has 1 heteroatoms. The summed E-state index contributed by atoms with van der Waals surface area (Å²) < 4.78 is 0. The minimum absolute atomic E-state index is 0.529. The molecule has 0 aromatic heterocycles. The van der Waals surface area contributed by atoms with Crippen molar-refractivity contribution in [1.82, 2.24) is 0 Å². The fraction of sp³-hybridized carbons (Fsp3) is 0.643. The van der Waals surface area contributed by atoms with E-state index in [9.17, 15) is 4.79 Å². The first-order valence-electron chi connectivity index (χ1n) is 6.17. The molecular formula is C14H24O. The molecule has 0 rings (SSSR count). The third kappa shape index (κ3) is 13.2. The summed E-state index contributed by atoms with van der Waals surface area (Å²) in [5, 5.41) is 0. The topological polar surface area (TPSA) is 17.1 Å². The Labute approximate surface area is 94.3 Å². The first kappa shape index (κ1) is 14.2. The molecule has 0 radical (unpaired) electrons. The minimum atomic E-state index is 0.529. The van der Waals surface area contributed by atoms with Crippen LogP contribution in [0.15, 0.2) is 24.3 Å². The van der Waals surface area contributed by atoms with E-state index in [1.54, 1.807) is 0 Å². The van der Waals surface area contributed by atoms with Crippen LogP contribution in [0.2, 0.25) is 0 Å². The highest BCUT2D eigenvalue weighted by Crippen LogP contribution is 2.07. The smallest absolute Gasteiger partial charge is 0.123 e. The lowest BCUT2D eigenvalue weighted by Gasteiger charge is -1.97. The summed E-state index contributed by atoms with van der Waals surface area (Å²) >= 11 is 0. The molecule has 0 unspecified atom stereocenters. The summed E-state index contributed by atoms with van der Waals surface area (Å²) in [7, 11) is 0. The summed E-state index contributed by atoms with van der Waals surface area (Å²) in [4.78, 5) is 9.99. The monoisotopic (exact) mass is 208 g/mol. The highest BCUT2D eigenvalue weighted by Gasteiger charge is 1.87. The molecule has 0 aromatic carbocycles. The average molecular weight is 208 g/mol. The highest BCUT2D eigenvalue weighted by atomic mass is 16.1. The van der Waals surface area contributed by atoms with Gasteiger partial charge in [0.05, 0.1) is 0 Å². The molecule has 0 saturated heterocycles. The molecule has 0 bridgehead atoms. The summed E-state index contributed by atoms with van der Waals surface area (Å²) in [5.41, 5.74) is 0. The zero-order valence-corrected chi connectivity index (χ0v) is 9.95. The molecular weight excluding hydrogens is 184 g/mol. The van der Waals surface area contributed by atoms with Crippen LogP contribution in [0.4, 0.5) is 0 Å². The number of allylic oxidation sites excluding steroid dienone is 4. The van der Waals surface area contributed by atoms with E-state index >= 15 is 0 Å². The summed E-state index contributed by atoms with van der Waals surface area (Å²) in [5.74, 6) is 0. The van der Waals surface area contributed by atoms with Crippen molar-refractivity contribution in [1.29, 1.82) is 0 Å². The van der Waals surface area contributed by atoms with Crippen molar-refractivity contribution in [2.75, 3.05) is 0 Å². The van der Waals surface area contributed by atoms with Gasteiger partial charge < -0.3 is 4.79 Å². The van der Waals surface area contributed by atoms with Crippen molar-refractivity contribution in [3.05, 3.63) is 24.3 Å². The molecule has 0 N–H and O–H groups in total. The number of hydrogen-bond acceptors (Lipinski definition) is 1. The van der Waals surface area contributed by atoms with Crippen LogP contribution in [0.3, 0.4) is 0 Å². The Morgan fingerprint density at radius 3 is 2.27 bits per heavy atom. The Hall–Kier alpha value is -0.850. The van der Waals surface area contributed by atoms with Crippen LogP contribution in [-0.2, 0) is 4.79 Å². The number of unbranched alkanes of at least 4 members (excludes halogenated alkanes) is 6. The van der Waals surface area contributed by atoms with Gasteiger partial charge in [-0.15, -0.1) is 0 Å². The van der Waals surface area contributed by atoms with Crippen molar-refractivity contribution < 1.29 is 4.79 Å². The largest absolute Gasteiger partial charge is 0.303 e. The number of carbonyl (C=O) groups excluding carboxylic acids is 1. The normalized spacial score (nSPS) is 11.5. The predicted molar refractivity (Wildman–Crippen MR) is 67.0 cm³/mol. The maximum atomic E-state index is 9.99. The van der Waals surface area contributed by atoms with E-state index in [-0.39, 0.29) is 0 Å². The lowest BCUT2D eigenvalue weighted by atomic mass is 10.1. The summed E-state index contributed by atoms with van der Waals surface area (Å²) in [6, 6.07) is 0. The highest BCUT2D eigenvalue weighted by molar-refractivity contribution is 5.52. The van der Waals surface area contributed by atoms with E-state index in [0.717, 1.165) is 12.7 Å². The summed E-state index contributed by atoms with van der Waals surface area (Å²) in [6.07, 6.45) is 18.8. The van der Waals surface area contributed by atoms with Gasteiger partial charge in [-0.25, -0.2) is 0 Å². The lowest BCUT2D eigenvalue weighted by Crippen LogP contribution is -1.77. The molecule has 0 spiro atoms. The molecule has 86 valence electrons. The quantitative estimate of drug-likeness (QED) is 0.295. The van der Waals surface area contributed by atoms with E-state index in [1.807, 2.05) is 18.2 Å². The standard InChI is InChI=1S/C14H24O/c1-2-3-4-5-6-7-8-9-10-11-12-13-14-15/h9-12,14H,2-8,13H2,1H3/b10-9+,12-11+. The Morgan fingerprint density at radius 1 is 0.867 bits per heavy atom. The Bertz CT molecular complexity index is 180. The summed E-state index contributed by atoms with van der Waals surface area (Å²) in [6.45, 7) is 2.24.